The van der Waals surface area contributed by atoms with Crippen LogP contribution in [0.15, 0.2) is 33.8 Å². The van der Waals surface area contributed by atoms with E-state index in [1.807, 2.05) is 31.2 Å². The summed E-state index contributed by atoms with van der Waals surface area (Å²) in [6.07, 6.45) is 2.02. The third-order valence-corrected chi connectivity index (χ3v) is 3.67. The first-order valence-electron chi connectivity index (χ1n) is 5.92. The number of carbonyl (C=O) groups is 2. The van der Waals surface area contributed by atoms with Gasteiger partial charge in [-0.3, -0.25) is 4.79 Å². The minimum atomic E-state index is -0.853. The molecule has 1 aromatic rings. The van der Waals surface area contributed by atoms with Crippen molar-refractivity contribution in [3.8, 4) is 0 Å². The first kappa shape index (κ1) is 13.7. The topological polar surface area (TPSA) is 61.8 Å². The highest BCUT2D eigenvalue weighted by Crippen LogP contribution is 2.20. The zero-order valence-electron chi connectivity index (χ0n) is 10.7. The molecular weight excluding hydrogens is 310 g/mol. The van der Waals surface area contributed by atoms with Crippen LogP contribution in [0.3, 0.4) is 0 Å². The highest BCUT2D eigenvalue weighted by atomic mass is 79.9. The Morgan fingerprint density at radius 1 is 1.37 bits per heavy atom. The number of rotatable bonds is 3. The molecule has 5 nitrogen and oxygen atoms in total. The smallest absolute Gasteiger partial charge is 0.322 e. The van der Waals surface area contributed by atoms with Crippen molar-refractivity contribution in [1.29, 1.82) is 0 Å². The van der Waals surface area contributed by atoms with Crippen LogP contribution in [0.4, 0.5) is 4.79 Å². The lowest BCUT2D eigenvalue weighted by atomic mass is 10.00. The highest BCUT2D eigenvalue weighted by molar-refractivity contribution is 9.10. The lowest BCUT2D eigenvalue weighted by Crippen LogP contribution is -2.42. The Morgan fingerprint density at radius 3 is 2.53 bits per heavy atom. The highest BCUT2D eigenvalue weighted by Gasteiger charge is 2.46. The summed E-state index contributed by atoms with van der Waals surface area (Å²) < 4.78 is 0.957. The number of amides is 3. The molecule has 1 fully saturated rings. The number of nitrogens with one attached hydrogen (secondary N) is 1. The summed E-state index contributed by atoms with van der Waals surface area (Å²) >= 11 is 3.33. The summed E-state index contributed by atoms with van der Waals surface area (Å²) in [7, 11) is 0. The summed E-state index contributed by atoms with van der Waals surface area (Å²) in [5.41, 5.74) is -0.0392. The molecule has 0 spiro atoms. The monoisotopic (exact) mass is 323 g/mol. The number of hydrogen-bond acceptors (Lipinski definition) is 3. The molecule has 1 heterocycles. The van der Waals surface area contributed by atoms with E-state index in [1.165, 1.54) is 6.21 Å². The molecule has 1 saturated heterocycles. The average molecular weight is 324 g/mol. The van der Waals surface area contributed by atoms with Crippen molar-refractivity contribution in [2.45, 2.75) is 25.8 Å². The molecule has 1 aromatic carbocycles. The van der Waals surface area contributed by atoms with Gasteiger partial charge in [-0.25, -0.2) is 4.79 Å². The van der Waals surface area contributed by atoms with Crippen molar-refractivity contribution in [2.75, 3.05) is 0 Å². The second kappa shape index (κ2) is 5.13. The number of urea groups is 1. The van der Waals surface area contributed by atoms with Gasteiger partial charge < -0.3 is 5.32 Å². The maximum atomic E-state index is 12.1. The van der Waals surface area contributed by atoms with Gasteiger partial charge >= 0.3 is 6.03 Å². The fourth-order valence-corrected chi connectivity index (χ4v) is 1.95. The Balaban J connectivity index is 2.17. The van der Waals surface area contributed by atoms with Gasteiger partial charge in [-0.05, 0) is 31.0 Å². The zero-order chi connectivity index (χ0) is 14.0. The van der Waals surface area contributed by atoms with Crippen LogP contribution < -0.4 is 5.32 Å². The number of halogens is 1. The molecule has 0 radical (unpaired) electrons. The average Bonchev–Trinajstić information content (AvgIpc) is 2.61. The molecule has 3 amide bonds. The summed E-state index contributed by atoms with van der Waals surface area (Å²) in [5, 5.41) is 7.48. The zero-order valence-corrected chi connectivity index (χ0v) is 12.3. The van der Waals surface area contributed by atoms with Crippen LogP contribution >= 0.6 is 15.9 Å². The van der Waals surface area contributed by atoms with Crippen molar-refractivity contribution in [2.24, 2.45) is 5.10 Å². The lowest BCUT2D eigenvalue weighted by Gasteiger charge is -2.17. The summed E-state index contributed by atoms with van der Waals surface area (Å²) in [6.45, 7) is 3.54. The minimum absolute atomic E-state index is 0.326. The fourth-order valence-electron chi connectivity index (χ4n) is 1.69. The Labute approximate surface area is 119 Å². The first-order valence-corrected chi connectivity index (χ1v) is 6.72. The number of benzene rings is 1. The Kier molecular flexibility index (Phi) is 3.71. The van der Waals surface area contributed by atoms with E-state index in [0.717, 1.165) is 15.0 Å². The van der Waals surface area contributed by atoms with Gasteiger partial charge in [0.05, 0.1) is 6.21 Å². The van der Waals surface area contributed by atoms with Gasteiger partial charge in [0.1, 0.15) is 5.54 Å². The van der Waals surface area contributed by atoms with Gasteiger partial charge in [0, 0.05) is 4.47 Å². The number of hydrogen-bond donors (Lipinski definition) is 1. The molecule has 0 unspecified atom stereocenters. The van der Waals surface area contributed by atoms with Crippen molar-refractivity contribution >= 4 is 34.1 Å². The standard InChI is InChI=1S/C13H14BrN3O2/c1-3-13(2)11(18)17(12(19)16-13)15-8-9-4-6-10(14)7-5-9/h4-8H,3H2,1-2H3,(H,16,19)/b15-8-/t13-/m1/s1. The Morgan fingerprint density at radius 2 is 2.00 bits per heavy atom. The van der Waals surface area contributed by atoms with E-state index >= 15 is 0 Å². The van der Waals surface area contributed by atoms with E-state index in [-0.39, 0.29) is 5.91 Å². The molecule has 1 aliphatic rings. The van der Waals surface area contributed by atoms with E-state index in [9.17, 15) is 9.59 Å². The van der Waals surface area contributed by atoms with Gasteiger partial charge in [-0.15, -0.1) is 5.01 Å². The predicted octanol–water partition coefficient (Wildman–Crippen LogP) is 2.50. The molecule has 0 bridgehead atoms. The van der Waals surface area contributed by atoms with E-state index in [0.29, 0.717) is 6.42 Å². The molecule has 0 saturated carbocycles. The van der Waals surface area contributed by atoms with E-state index in [2.05, 4.69) is 26.3 Å². The second-order valence-corrected chi connectivity index (χ2v) is 5.44. The number of carbonyl (C=O) groups excluding carboxylic acids is 2. The van der Waals surface area contributed by atoms with Gasteiger partial charge in [0.2, 0.25) is 0 Å². The second-order valence-electron chi connectivity index (χ2n) is 4.53. The number of hydrazone groups is 1. The summed E-state index contributed by atoms with van der Waals surface area (Å²) in [6, 6.07) is 6.92. The normalized spacial score (nSPS) is 23.2. The first-order chi connectivity index (χ1) is 8.96. The van der Waals surface area contributed by atoms with Crippen LogP contribution in [0, 0.1) is 0 Å². The van der Waals surface area contributed by atoms with Crippen LogP contribution in [0.2, 0.25) is 0 Å². The molecule has 1 aliphatic heterocycles. The fraction of sp³-hybridized carbons (Fsp3) is 0.308. The molecular formula is C13H14BrN3O2. The largest absolute Gasteiger partial charge is 0.346 e. The van der Waals surface area contributed by atoms with Crippen LogP contribution in [0.5, 0.6) is 0 Å². The van der Waals surface area contributed by atoms with Crippen LogP contribution in [0.1, 0.15) is 25.8 Å². The molecule has 0 aromatic heterocycles. The molecule has 100 valence electrons. The quantitative estimate of drug-likeness (QED) is 0.686. The van der Waals surface area contributed by atoms with E-state index in [4.69, 9.17) is 0 Å². The molecule has 0 aliphatic carbocycles. The maximum Gasteiger partial charge on any atom is 0.346 e. The number of imide groups is 1. The SMILES string of the molecule is CC[C@@]1(C)NC(=O)N(/N=C\c2ccc(Br)cc2)C1=O. The third-order valence-electron chi connectivity index (χ3n) is 3.14. The minimum Gasteiger partial charge on any atom is -0.322 e. The van der Waals surface area contributed by atoms with Gasteiger partial charge in [-0.1, -0.05) is 35.0 Å². The van der Waals surface area contributed by atoms with Crippen molar-refractivity contribution < 1.29 is 9.59 Å². The molecule has 1 atom stereocenters. The van der Waals surface area contributed by atoms with Crippen molar-refractivity contribution in [3.05, 3.63) is 34.3 Å². The Bertz CT molecular complexity index is 541. The van der Waals surface area contributed by atoms with Crippen LogP contribution in [-0.4, -0.2) is 28.7 Å². The van der Waals surface area contributed by atoms with Crippen LogP contribution in [-0.2, 0) is 4.79 Å². The van der Waals surface area contributed by atoms with Gasteiger partial charge in [-0.2, -0.15) is 5.10 Å². The maximum absolute atomic E-state index is 12.1. The van der Waals surface area contributed by atoms with Crippen molar-refractivity contribution in [3.63, 3.8) is 0 Å². The Hall–Kier alpha value is -1.69. The summed E-state index contributed by atoms with van der Waals surface area (Å²) in [5.74, 6) is -0.326. The molecule has 19 heavy (non-hydrogen) atoms. The number of nitrogens with zero attached hydrogens (tertiary/aromatic N) is 2. The van der Waals surface area contributed by atoms with Crippen LogP contribution in [0.25, 0.3) is 0 Å². The molecule has 2 rings (SSSR count). The predicted molar refractivity (Wildman–Crippen MR) is 75.8 cm³/mol. The summed E-state index contributed by atoms with van der Waals surface area (Å²) in [4.78, 5) is 23.8. The van der Waals surface area contributed by atoms with Crippen molar-refractivity contribution in [1.82, 2.24) is 10.3 Å². The lowest BCUT2D eigenvalue weighted by molar-refractivity contribution is -0.130. The molecule has 1 N–H and O–H groups in total. The van der Waals surface area contributed by atoms with Gasteiger partial charge in [0.15, 0.2) is 0 Å². The van der Waals surface area contributed by atoms with E-state index < -0.39 is 11.6 Å². The van der Waals surface area contributed by atoms with E-state index in [1.54, 1.807) is 6.92 Å². The van der Waals surface area contributed by atoms with Gasteiger partial charge in [0.25, 0.3) is 5.91 Å². The third kappa shape index (κ3) is 2.68. The molecule has 6 heteroatoms.